The van der Waals surface area contributed by atoms with Crippen LogP contribution in [0.1, 0.15) is 24.8 Å². The van der Waals surface area contributed by atoms with Crippen molar-refractivity contribution in [2.75, 3.05) is 26.7 Å². The van der Waals surface area contributed by atoms with Crippen molar-refractivity contribution in [3.63, 3.8) is 0 Å². The third kappa shape index (κ3) is 4.02. The quantitative estimate of drug-likeness (QED) is 0.772. The minimum absolute atomic E-state index is 0.238. The van der Waals surface area contributed by atoms with Gasteiger partial charge in [-0.25, -0.2) is 0 Å². The molecule has 1 atom stereocenters. The Balaban J connectivity index is 2.56. The van der Waals surface area contributed by atoms with E-state index in [1.165, 1.54) is 5.56 Å². The number of aliphatic hydroxyl groups excluding tert-OH is 1. The van der Waals surface area contributed by atoms with Crippen LogP contribution < -0.4 is 0 Å². The van der Waals surface area contributed by atoms with Gasteiger partial charge in [0.2, 0.25) is 0 Å². The molecule has 1 aromatic carbocycles. The molecule has 0 spiro atoms. The van der Waals surface area contributed by atoms with Gasteiger partial charge in [-0.2, -0.15) is 0 Å². The minimum atomic E-state index is 0.238. The molecule has 0 radical (unpaired) electrons. The zero-order valence-electron chi connectivity index (χ0n) is 9.69. The molecule has 0 fully saturated rings. The Morgan fingerprint density at radius 1 is 1.27 bits per heavy atom. The average molecular weight is 207 g/mol. The fraction of sp³-hybridized carbons (Fsp3) is 0.538. The van der Waals surface area contributed by atoms with E-state index >= 15 is 0 Å². The molecule has 0 saturated heterocycles. The first-order valence-electron chi connectivity index (χ1n) is 5.62. The first-order valence-corrected chi connectivity index (χ1v) is 5.62. The number of aliphatic hydroxyl groups is 1. The van der Waals surface area contributed by atoms with Crippen LogP contribution in [-0.4, -0.2) is 36.8 Å². The molecule has 0 aromatic heterocycles. The second-order valence-electron chi connectivity index (χ2n) is 4.00. The standard InChI is InChI=1S/C13H21NO/c1-3-12(11-14(2)9-10-15)13-7-5-4-6-8-13/h4-8,12,15H,3,9-11H2,1-2H3. The molecule has 0 amide bonds. The number of hydrogen-bond acceptors (Lipinski definition) is 2. The Morgan fingerprint density at radius 3 is 2.47 bits per heavy atom. The van der Waals surface area contributed by atoms with E-state index in [2.05, 4.69) is 43.1 Å². The molecule has 0 aliphatic carbocycles. The van der Waals surface area contributed by atoms with E-state index in [-0.39, 0.29) is 6.61 Å². The summed E-state index contributed by atoms with van der Waals surface area (Å²) in [6, 6.07) is 10.6. The van der Waals surface area contributed by atoms with E-state index in [0.29, 0.717) is 5.92 Å². The monoisotopic (exact) mass is 207 g/mol. The molecule has 0 saturated carbocycles. The maximum absolute atomic E-state index is 8.85. The topological polar surface area (TPSA) is 23.5 Å². The molecule has 1 unspecified atom stereocenters. The van der Waals surface area contributed by atoms with Gasteiger partial charge < -0.3 is 10.0 Å². The molecule has 1 rings (SSSR count). The summed E-state index contributed by atoms with van der Waals surface area (Å²) in [5, 5.41) is 8.85. The summed E-state index contributed by atoms with van der Waals surface area (Å²) in [7, 11) is 2.06. The van der Waals surface area contributed by atoms with Gasteiger partial charge in [0, 0.05) is 13.1 Å². The number of rotatable bonds is 6. The lowest BCUT2D eigenvalue weighted by Crippen LogP contribution is -2.27. The highest BCUT2D eigenvalue weighted by atomic mass is 16.3. The molecule has 84 valence electrons. The van der Waals surface area contributed by atoms with Crippen molar-refractivity contribution in [1.29, 1.82) is 0 Å². The van der Waals surface area contributed by atoms with Gasteiger partial charge in [-0.05, 0) is 24.9 Å². The van der Waals surface area contributed by atoms with Gasteiger partial charge in [-0.15, -0.1) is 0 Å². The summed E-state index contributed by atoms with van der Waals surface area (Å²) in [5.74, 6) is 0.572. The van der Waals surface area contributed by atoms with Crippen LogP contribution in [0.25, 0.3) is 0 Å². The SMILES string of the molecule is CCC(CN(C)CCO)c1ccccc1. The van der Waals surface area contributed by atoms with E-state index in [1.54, 1.807) is 0 Å². The first-order chi connectivity index (χ1) is 7.27. The molecule has 0 heterocycles. The Bertz CT molecular complexity index is 260. The van der Waals surface area contributed by atoms with Crippen LogP contribution in [0.3, 0.4) is 0 Å². The lowest BCUT2D eigenvalue weighted by Gasteiger charge is -2.22. The molecular formula is C13H21NO. The normalized spacial score (nSPS) is 13.1. The maximum atomic E-state index is 8.85. The molecule has 15 heavy (non-hydrogen) atoms. The number of nitrogens with zero attached hydrogens (tertiary/aromatic N) is 1. The van der Waals surface area contributed by atoms with Crippen molar-refractivity contribution in [2.24, 2.45) is 0 Å². The Labute approximate surface area is 92.5 Å². The highest BCUT2D eigenvalue weighted by Crippen LogP contribution is 2.19. The van der Waals surface area contributed by atoms with Crippen molar-refractivity contribution in [2.45, 2.75) is 19.3 Å². The van der Waals surface area contributed by atoms with Gasteiger partial charge in [-0.1, -0.05) is 37.3 Å². The fourth-order valence-electron chi connectivity index (χ4n) is 1.83. The van der Waals surface area contributed by atoms with E-state index in [9.17, 15) is 0 Å². The van der Waals surface area contributed by atoms with Gasteiger partial charge in [-0.3, -0.25) is 0 Å². The summed E-state index contributed by atoms with van der Waals surface area (Å²) in [4.78, 5) is 2.18. The van der Waals surface area contributed by atoms with Crippen LogP contribution in [0.5, 0.6) is 0 Å². The Hall–Kier alpha value is -0.860. The van der Waals surface area contributed by atoms with Crippen molar-refractivity contribution in [3.8, 4) is 0 Å². The Kier molecular flexibility index (Phi) is 5.37. The van der Waals surface area contributed by atoms with Crippen LogP contribution in [-0.2, 0) is 0 Å². The van der Waals surface area contributed by atoms with Gasteiger partial charge in [0.25, 0.3) is 0 Å². The molecule has 0 bridgehead atoms. The second-order valence-corrected chi connectivity index (χ2v) is 4.00. The fourth-order valence-corrected chi connectivity index (χ4v) is 1.83. The van der Waals surface area contributed by atoms with Gasteiger partial charge in [0.05, 0.1) is 6.61 Å². The summed E-state index contributed by atoms with van der Waals surface area (Å²) in [5.41, 5.74) is 1.39. The number of likely N-dealkylation sites (N-methyl/N-ethyl adjacent to an activating group) is 1. The Morgan fingerprint density at radius 2 is 1.93 bits per heavy atom. The van der Waals surface area contributed by atoms with Gasteiger partial charge in [0.1, 0.15) is 0 Å². The molecule has 1 N–H and O–H groups in total. The van der Waals surface area contributed by atoms with E-state index in [4.69, 9.17) is 5.11 Å². The van der Waals surface area contributed by atoms with Crippen molar-refractivity contribution < 1.29 is 5.11 Å². The van der Waals surface area contributed by atoms with Crippen molar-refractivity contribution in [1.82, 2.24) is 4.90 Å². The second kappa shape index (κ2) is 6.59. The number of hydrogen-bond donors (Lipinski definition) is 1. The first kappa shape index (κ1) is 12.2. The van der Waals surface area contributed by atoms with Crippen molar-refractivity contribution >= 4 is 0 Å². The maximum Gasteiger partial charge on any atom is 0.0558 e. The van der Waals surface area contributed by atoms with Crippen LogP contribution in [0, 0.1) is 0 Å². The predicted octanol–water partition coefficient (Wildman–Crippen LogP) is 2.10. The van der Waals surface area contributed by atoms with Crippen LogP contribution in [0.2, 0.25) is 0 Å². The van der Waals surface area contributed by atoms with Crippen molar-refractivity contribution in [3.05, 3.63) is 35.9 Å². The lowest BCUT2D eigenvalue weighted by atomic mass is 9.96. The zero-order valence-corrected chi connectivity index (χ0v) is 9.69. The predicted molar refractivity (Wildman–Crippen MR) is 64.1 cm³/mol. The molecule has 1 aromatic rings. The molecule has 2 heteroatoms. The van der Waals surface area contributed by atoms with E-state index in [0.717, 1.165) is 19.5 Å². The number of benzene rings is 1. The third-order valence-electron chi connectivity index (χ3n) is 2.78. The highest BCUT2D eigenvalue weighted by molar-refractivity contribution is 5.19. The minimum Gasteiger partial charge on any atom is -0.395 e. The summed E-state index contributed by atoms with van der Waals surface area (Å²) < 4.78 is 0. The highest BCUT2D eigenvalue weighted by Gasteiger charge is 2.11. The van der Waals surface area contributed by atoms with Gasteiger partial charge >= 0.3 is 0 Å². The van der Waals surface area contributed by atoms with Crippen LogP contribution in [0.4, 0.5) is 0 Å². The van der Waals surface area contributed by atoms with Crippen LogP contribution >= 0.6 is 0 Å². The molecule has 0 aliphatic rings. The summed E-state index contributed by atoms with van der Waals surface area (Å²) in [6.45, 7) is 4.22. The smallest absolute Gasteiger partial charge is 0.0558 e. The average Bonchev–Trinajstić information content (AvgIpc) is 2.27. The van der Waals surface area contributed by atoms with E-state index in [1.807, 2.05) is 6.07 Å². The lowest BCUT2D eigenvalue weighted by molar-refractivity contribution is 0.213. The zero-order chi connectivity index (χ0) is 11.1. The van der Waals surface area contributed by atoms with E-state index < -0.39 is 0 Å². The largest absolute Gasteiger partial charge is 0.395 e. The molecule has 2 nitrogen and oxygen atoms in total. The third-order valence-corrected chi connectivity index (χ3v) is 2.78. The molecular weight excluding hydrogens is 186 g/mol. The van der Waals surface area contributed by atoms with Gasteiger partial charge in [0.15, 0.2) is 0 Å². The summed E-state index contributed by atoms with van der Waals surface area (Å²) >= 11 is 0. The summed E-state index contributed by atoms with van der Waals surface area (Å²) in [6.07, 6.45) is 1.14. The van der Waals surface area contributed by atoms with Crippen LogP contribution in [0.15, 0.2) is 30.3 Å². The molecule has 0 aliphatic heterocycles.